The third-order valence-electron chi connectivity index (χ3n) is 4.68. The monoisotopic (exact) mass is 432 g/mol. The van der Waals surface area contributed by atoms with Crippen molar-refractivity contribution in [2.45, 2.75) is 19.1 Å². The molecule has 7 heteroatoms. The number of anilines is 1. The van der Waals surface area contributed by atoms with Gasteiger partial charge in [0.1, 0.15) is 12.6 Å². The summed E-state index contributed by atoms with van der Waals surface area (Å²) in [5.41, 5.74) is 2.59. The molecular weight excluding hydrogens is 408 g/mol. The molecule has 32 heavy (non-hydrogen) atoms. The molecule has 0 bridgehead atoms. The van der Waals surface area contributed by atoms with E-state index in [1.165, 1.54) is 7.11 Å². The van der Waals surface area contributed by atoms with Crippen molar-refractivity contribution in [1.29, 1.82) is 0 Å². The van der Waals surface area contributed by atoms with Crippen LogP contribution in [-0.2, 0) is 27.3 Å². The normalized spacial score (nSPS) is 11.2. The maximum atomic E-state index is 12.9. The molecule has 0 aromatic heterocycles. The number of carbonyl (C=O) groups is 3. The first-order valence-electron chi connectivity index (χ1n) is 10.1. The highest BCUT2D eigenvalue weighted by Crippen LogP contribution is 2.12. The van der Waals surface area contributed by atoms with Crippen LogP contribution in [0.3, 0.4) is 0 Å². The Morgan fingerprint density at radius 3 is 2.00 bits per heavy atom. The molecule has 0 heterocycles. The Balaban J connectivity index is 1.66. The molecule has 0 radical (unpaired) electrons. The molecule has 0 aliphatic carbocycles. The van der Waals surface area contributed by atoms with Gasteiger partial charge in [0.2, 0.25) is 5.91 Å². The summed E-state index contributed by atoms with van der Waals surface area (Å²) in [4.78, 5) is 36.9. The Hall–Kier alpha value is -4.13. The molecule has 3 aromatic carbocycles. The molecule has 3 rings (SSSR count). The minimum absolute atomic E-state index is 0.0986. The lowest BCUT2D eigenvalue weighted by Gasteiger charge is -2.19. The van der Waals surface area contributed by atoms with Crippen molar-refractivity contribution in [2.75, 3.05) is 12.4 Å². The van der Waals surface area contributed by atoms with Crippen LogP contribution in [0.5, 0.6) is 0 Å². The standard InChI is InChI=1S/C25H24N2O5/c1-31-24(29)20-12-14-21(15-13-20)26-23(28)22(16-18-8-4-2-5-9-18)27-25(30)32-17-19-10-6-3-7-11-19/h2-15,22H,16-17H2,1H3,(H,26,28)(H,27,30). The third kappa shape index (κ3) is 6.70. The van der Waals surface area contributed by atoms with E-state index in [0.717, 1.165) is 11.1 Å². The average Bonchev–Trinajstić information content (AvgIpc) is 2.83. The molecule has 3 aromatic rings. The van der Waals surface area contributed by atoms with Gasteiger partial charge in [0.15, 0.2) is 0 Å². The molecular formula is C25H24N2O5. The first kappa shape index (κ1) is 22.6. The number of carbonyl (C=O) groups excluding carboxylic acids is 3. The van der Waals surface area contributed by atoms with E-state index in [1.54, 1.807) is 24.3 Å². The summed E-state index contributed by atoms with van der Waals surface area (Å²) in [6.07, 6.45) is -0.404. The fourth-order valence-electron chi connectivity index (χ4n) is 3.00. The van der Waals surface area contributed by atoms with E-state index in [1.807, 2.05) is 60.7 Å². The number of methoxy groups -OCH3 is 1. The smallest absolute Gasteiger partial charge is 0.408 e. The van der Waals surface area contributed by atoms with Crippen LogP contribution in [0.2, 0.25) is 0 Å². The average molecular weight is 432 g/mol. The molecule has 1 unspecified atom stereocenters. The molecule has 0 saturated carbocycles. The zero-order valence-electron chi connectivity index (χ0n) is 17.6. The number of alkyl carbamates (subject to hydrolysis) is 1. The highest BCUT2D eigenvalue weighted by molar-refractivity contribution is 5.97. The molecule has 0 aliphatic rings. The van der Waals surface area contributed by atoms with Crippen LogP contribution in [0.4, 0.5) is 10.5 Å². The number of hydrogen-bond acceptors (Lipinski definition) is 5. The third-order valence-corrected chi connectivity index (χ3v) is 4.68. The van der Waals surface area contributed by atoms with Crippen molar-refractivity contribution in [3.63, 3.8) is 0 Å². The van der Waals surface area contributed by atoms with Crippen LogP contribution in [0, 0.1) is 0 Å². The SMILES string of the molecule is COC(=O)c1ccc(NC(=O)C(Cc2ccccc2)NC(=O)OCc2ccccc2)cc1. The molecule has 0 aliphatic heterocycles. The second-order valence-electron chi connectivity index (χ2n) is 7.01. The lowest BCUT2D eigenvalue weighted by atomic mass is 10.1. The lowest BCUT2D eigenvalue weighted by Crippen LogP contribution is -2.45. The van der Waals surface area contributed by atoms with Gasteiger partial charge in [-0.25, -0.2) is 9.59 Å². The van der Waals surface area contributed by atoms with Crippen LogP contribution in [-0.4, -0.2) is 31.1 Å². The summed E-state index contributed by atoms with van der Waals surface area (Å²) in [5, 5.41) is 5.41. The van der Waals surface area contributed by atoms with Gasteiger partial charge < -0.3 is 20.1 Å². The van der Waals surface area contributed by atoms with Gasteiger partial charge in [-0.15, -0.1) is 0 Å². The lowest BCUT2D eigenvalue weighted by molar-refractivity contribution is -0.118. The Morgan fingerprint density at radius 1 is 0.812 bits per heavy atom. The molecule has 0 fully saturated rings. The van der Waals surface area contributed by atoms with E-state index in [-0.39, 0.29) is 13.0 Å². The van der Waals surface area contributed by atoms with Gasteiger partial charge in [0.25, 0.3) is 0 Å². The number of hydrogen-bond donors (Lipinski definition) is 2. The second-order valence-corrected chi connectivity index (χ2v) is 7.01. The summed E-state index contributed by atoms with van der Waals surface area (Å²) < 4.78 is 9.94. The van der Waals surface area contributed by atoms with Gasteiger partial charge in [-0.1, -0.05) is 60.7 Å². The highest BCUT2D eigenvalue weighted by atomic mass is 16.5. The topological polar surface area (TPSA) is 93.7 Å². The van der Waals surface area contributed by atoms with Crippen LogP contribution in [0.25, 0.3) is 0 Å². The van der Waals surface area contributed by atoms with Crippen molar-refractivity contribution in [1.82, 2.24) is 5.32 Å². The van der Waals surface area contributed by atoms with E-state index in [0.29, 0.717) is 11.3 Å². The summed E-state index contributed by atoms with van der Waals surface area (Å²) in [6, 6.07) is 24.1. The number of nitrogens with one attached hydrogen (secondary N) is 2. The largest absolute Gasteiger partial charge is 0.465 e. The molecule has 2 N–H and O–H groups in total. The predicted molar refractivity (Wildman–Crippen MR) is 120 cm³/mol. The number of amides is 2. The van der Waals surface area contributed by atoms with E-state index in [9.17, 15) is 14.4 Å². The highest BCUT2D eigenvalue weighted by Gasteiger charge is 2.22. The first-order chi connectivity index (χ1) is 15.5. The first-order valence-corrected chi connectivity index (χ1v) is 10.1. The molecule has 0 spiro atoms. The molecule has 0 saturated heterocycles. The molecule has 7 nitrogen and oxygen atoms in total. The number of esters is 1. The fraction of sp³-hybridized carbons (Fsp3) is 0.160. The maximum Gasteiger partial charge on any atom is 0.408 e. The zero-order chi connectivity index (χ0) is 22.8. The van der Waals surface area contributed by atoms with Crippen molar-refractivity contribution in [3.05, 3.63) is 102 Å². The van der Waals surface area contributed by atoms with E-state index in [2.05, 4.69) is 15.4 Å². The summed E-state index contributed by atoms with van der Waals surface area (Å²) >= 11 is 0. The van der Waals surface area contributed by atoms with E-state index >= 15 is 0 Å². The Bertz CT molecular complexity index is 1040. The van der Waals surface area contributed by atoms with E-state index in [4.69, 9.17) is 4.74 Å². The van der Waals surface area contributed by atoms with Gasteiger partial charge in [-0.05, 0) is 35.4 Å². The van der Waals surface area contributed by atoms with Crippen molar-refractivity contribution in [3.8, 4) is 0 Å². The quantitative estimate of drug-likeness (QED) is 0.526. The van der Waals surface area contributed by atoms with Crippen LogP contribution >= 0.6 is 0 Å². The van der Waals surface area contributed by atoms with Crippen LogP contribution in [0.1, 0.15) is 21.5 Å². The maximum absolute atomic E-state index is 12.9. The van der Waals surface area contributed by atoms with Gasteiger partial charge in [0.05, 0.1) is 12.7 Å². The van der Waals surface area contributed by atoms with E-state index < -0.39 is 24.0 Å². The fourth-order valence-corrected chi connectivity index (χ4v) is 3.00. The number of benzene rings is 3. The van der Waals surface area contributed by atoms with Gasteiger partial charge >= 0.3 is 12.1 Å². The van der Waals surface area contributed by atoms with Crippen molar-refractivity contribution < 1.29 is 23.9 Å². The van der Waals surface area contributed by atoms with Gasteiger partial charge in [-0.2, -0.15) is 0 Å². The van der Waals surface area contributed by atoms with Crippen molar-refractivity contribution >= 4 is 23.7 Å². The molecule has 2 amide bonds. The van der Waals surface area contributed by atoms with Crippen LogP contribution < -0.4 is 10.6 Å². The Labute approximate surface area is 186 Å². The summed E-state index contributed by atoms with van der Waals surface area (Å²) in [5.74, 6) is -0.871. The number of ether oxygens (including phenoxy) is 2. The zero-order valence-corrected chi connectivity index (χ0v) is 17.6. The summed E-state index contributed by atoms with van der Waals surface area (Å²) in [6.45, 7) is 0.0986. The number of rotatable bonds is 8. The second kappa shape index (κ2) is 11.3. The minimum Gasteiger partial charge on any atom is -0.465 e. The predicted octanol–water partition coefficient (Wildman–Crippen LogP) is 3.95. The van der Waals surface area contributed by atoms with Gasteiger partial charge in [-0.3, -0.25) is 4.79 Å². The Kier molecular flexibility index (Phi) is 7.97. The molecule has 164 valence electrons. The van der Waals surface area contributed by atoms with Crippen LogP contribution in [0.15, 0.2) is 84.9 Å². The minimum atomic E-state index is -0.860. The molecule has 1 atom stereocenters. The van der Waals surface area contributed by atoms with Crippen molar-refractivity contribution in [2.24, 2.45) is 0 Å². The summed E-state index contributed by atoms with van der Waals surface area (Å²) in [7, 11) is 1.30. The van der Waals surface area contributed by atoms with Gasteiger partial charge in [0, 0.05) is 12.1 Å². The Morgan fingerprint density at radius 2 is 1.41 bits per heavy atom.